The van der Waals surface area contributed by atoms with Gasteiger partial charge < -0.3 is 14.5 Å². The van der Waals surface area contributed by atoms with Crippen molar-refractivity contribution >= 4 is 34.1 Å². The average molecular weight is 491 g/mol. The van der Waals surface area contributed by atoms with Gasteiger partial charge in [0.15, 0.2) is 0 Å². The van der Waals surface area contributed by atoms with E-state index in [9.17, 15) is 4.79 Å². The van der Waals surface area contributed by atoms with Gasteiger partial charge in [-0.05, 0) is 44.0 Å². The Hall–Kier alpha value is -3.38. The molecule has 0 N–H and O–H groups in total. The molecule has 0 spiro atoms. The Balaban J connectivity index is 1.69. The number of aromatic nitrogens is 2. The third-order valence-electron chi connectivity index (χ3n) is 6.40. The molecule has 1 amide bonds. The molecule has 182 valence electrons. The van der Waals surface area contributed by atoms with Crippen molar-refractivity contribution in [2.45, 2.75) is 45.9 Å². The summed E-state index contributed by atoms with van der Waals surface area (Å²) in [6, 6.07) is 8.22. The number of benzene rings is 1. The van der Waals surface area contributed by atoms with Crippen molar-refractivity contribution in [2.24, 2.45) is 0 Å². The standard InChI is InChI=1S/C28H31ClN4O2/c1-6-8-25(32(4)5)22-13-18(2)31-28-21(22)9-7-10-26(28)35-17-23-20(14-30-15-24(23)29)16-33-19(3)11-12-27(33)34/h6-10,13-15,19H,1,11-12,16-17H2,2-5H3/b25-8-. The van der Waals surface area contributed by atoms with Crippen LogP contribution in [0.25, 0.3) is 16.6 Å². The largest absolute Gasteiger partial charge is 0.487 e. The number of pyridine rings is 2. The topological polar surface area (TPSA) is 58.6 Å². The van der Waals surface area contributed by atoms with Crippen LogP contribution in [0.15, 0.2) is 55.4 Å². The van der Waals surface area contributed by atoms with E-state index in [1.807, 2.05) is 44.1 Å². The zero-order valence-corrected chi connectivity index (χ0v) is 21.5. The molecule has 0 radical (unpaired) electrons. The van der Waals surface area contributed by atoms with Gasteiger partial charge in [0.25, 0.3) is 0 Å². The second-order valence-electron chi connectivity index (χ2n) is 9.10. The highest BCUT2D eigenvalue weighted by Crippen LogP contribution is 2.33. The van der Waals surface area contributed by atoms with Crippen LogP contribution >= 0.6 is 11.6 Å². The highest BCUT2D eigenvalue weighted by Gasteiger charge is 2.28. The first-order valence-electron chi connectivity index (χ1n) is 11.7. The lowest BCUT2D eigenvalue weighted by atomic mass is 10.0. The summed E-state index contributed by atoms with van der Waals surface area (Å²) < 4.78 is 6.32. The van der Waals surface area contributed by atoms with Crippen LogP contribution in [0, 0.1) is 6.92 Å². The van der Waals surface area contributed by atoms with Crippen molar-refractivity contribution in [2.75, 3.05) is 14.1 Å². The number of aryl methyl sites for hydroxylation is 1. The highest BCUT2D eigenvalue weighted by molar-refractivity contribution is 6.31. The molecule has 3 aromatic rings. The zero-order valence-electron chi connectivity index (χ0n) is 20.7. The molecule has 7 heteroatoms. The molecule has 1 aromatic carbocycles. The lowest BCUT2D eigenvalue weighted by Crippen LogP contribution is -2.30. The number of carbonyl (C=O) groups excluding carboxylic acids is 1. The minimum absolute atomic E-state index is 0.162. The third-order valence-corrected chi connectivity index (χ3v) is 6.72. The first kappa shape index (κ1) is 24.7. The molecule has 0 aliphatic carbocycles. The first-order chi connectivity index (χ1) is 16.8. The van der Waals surface area contributed by atoms with E-state index in [4.69, 9.17) is 21.3 Å². The van der Waals surface area contributed by atoms with Crippen molar-refractivity contribution in [1.29, 1.82) is 0 Å². The number of rotatable bonds is 8. The number of likely N-dealkylation sites (tertiary alicyclic amines) is 1. The lowest BCUT2D eigenvalue weighted by Gasteiger charge is -2.23. The maximum absolute atomic E-state index is 12.3. The van der Waals surface area contributed by atoms with Crippen LogP contribution in [-0.4, -0.2) is 45.8 Å². The predicted octanol–water partition coefficient (Wildman–Crippen LogP) is 5.77. The van der Waals surface area contributed by atoms with E-state index in [0.29, 0.717) is 23.7 Å². The summed E-state index contributed by atoms with van der Waals surface area (Å²) >= 11 is 6.55. The lowest BCUT2D eigenvalue weighted by molar-refractivity contribution is -0.129. The van der Waals surface area contributed by atoms with Gasteiger partial charge in [0.05, 0.1) is 5.02 Å². The molecular weight excluding hydrogens is 460 g/mol. The quantitative estimate of drug-likeness (QED) is 0.375. The fourth-order valence-corrected chi connectivity index (χ4v) is 4.76. The zero-order chi connectivity index (χ0) is 25.1. The number of ether oxygens (including phenoxy) is 1. The number of para-hydroxylation sites is 1. The maximum atomic E-state index is 12.3. The molecule has 0 bridgehead atoms. The number of allylic oxidation sites excluding steroid dienone is 2. The van der Waals surface area contributed by atoms with E-state index in [1.165, 1.54) is 0 Å². The molecule has 35 heavy (non-hydrogen) atoms. The van der Waals surface area contributed by atoms with Crippen LogP contribution in [0.1, 0.15) is 42.1 Å². The predicted molar refractivity (Wildman–Crippen MR) is 141 cm³/mol. The Bertz CT molecular complexity index is 1300. The Morgan fingerprint density at radius 3 is 2.83 bits per heavy atom. The van der Waals surface area contributed by atoms with Crippen molar-refractivity contribution in [3.63, 3.8) is 0 Å². The SMILES string of the molecule is C=C/C=C(/c1cc(C)nc2c(OCc3c(Cl)cncc3CN3C(=O)CCC3C)cccc12)N(C)C. The summed E-state index contributed by atoms with van der Waals surface area (Å²) in [5.41, 5.74) is 5.51. The van der Waals surface area contributed by atoms with Gasteiger partial charge >= 0.3 is 0 Å². The van der Waals surface area contributed by atoms with E-state index < -0.39 is 0 Å². The summed E-state index contributed by atoms with van der Waals surface area (Å²) in [6.45, 7) is 8.64. The van der Waals surface area contributed by atoms with Gasteiger partial charge in [0.1, 0.15) is 17.9 Å². The first-order valence-corrected chi connectivity index (χ1v) is 12.1. The maximum Gasteiger partial charge on any atom is 0.223 e. The summed E-state index contributed by atoms with van der Waals surface area (Å²) in [4.78, 5) is 25.4. The van der Waals surface area contributed by atoms with Crippen LogP contribution < -0.4 is 4.74 Å². The van der Waals surface area contributed by atoms with Crippen molar-refractivity contribution < 1.29 is 9.53 Å². The monoisotopic (exact) mass is 490 g/mol. The molecule has 1 saturated heterocycles. The van der Waals surface area contributed by atoms with Gasteiger partial charge in [-0.3, -0.25) is 9.78 Å². The van der Waals surface area contributed by atoms with Crippen LogP contribution in [0.2, 0.25) is 5.02 Å². The third kappa shape index (κ3) is 5.17. The number of carbonyl (C=O) groups is 1. The molecule has 0 saturated carbocycles. The van der Waals surface area contributed by atoms with Gasteiger partial charge in [-0.1, -0.05) is 36.4 Å². The minimum atomic E-state index is 0.162. The molecule has 1 aliphatic heterocycles. The normalized spacial score (nSPS) is 16.1. The molecule has 1 unspecified atom stereocenters. The second-order valence-corrected chi connectivity index (χ2v) is 9.51. The molecule has 3 heterocycles. The van der Waals surface area contributed by atoms with Crippen LogP contribution in [0.4, 0.5) is 0 Å². The molecule has 6 nitrogen and oxygen atoms in total. The summed E-state index contributed by atoms with van der Waals surface area (Å²) in [5.74, 6) is 0.837. The Labute approximate surface area is 211 Å². The number of hydrogen-bond donors (Lipinski definition) is 0. The molecule has 1 aliphatic rings. The van der Waals surface area contributed by atoms with E-state index in [-0.39, 0.29) is 18.6 Å². The number of nitrogens with zero attached hydrogens (tertiary/aromatic N) is 4. The highest BCUT2D eigenvalue weighted by atomic mass is 35.5. The summed E-state index contributed by atoms with van der Waals surface area (Å²) in [6.07, 6.45) is 8.63. The second kappa shape index (κ2) is 10.5. The minimum Gasteiger partial charge on any atom is -0.487 e. The number of halogens is 1. The van der Waals surface area contributed by atoms with E-state index in [1.54, 1.807) is 18.5 Å². The van der Waals surface area contributed by atoms with Crippen LogP contribution in [-0.2, 0) is 17.9 Å². The fourth-order valence-electron chi connectivity index (χ4n) is 4.52. The molecule has 1 atom stereocenters. The Morgan fingerprint density at radius 2 is 2.14 bits per heavy atom. The van der Waals surface area contributed by atoms with Gasteiger partial charge in [-0.15, -0.1) is 0 Å². The summed E-state index contributed by atoms with van der Waals surface area (Å²) in [5, 5.41) is 1.52. The molecule has 4 rings (SSSR count). The average Bonchev–Trinajstić information content (AvgIpc) is 3.13. The van der Waals surface area contributed by atoms with Crippen LogP contribution in [0.5, 0.6) is 5.75 Å². The Morgan fingerprint density at radius 1 is 1.34 bits per heavy atom. The van der Waals surface area contributed by atoms with E-state index >= 15 is 0 Å². The smallest absolute Gasteiger partial charge is 0.223 e. The number of amides is 1. The van der Waals surface area contributed by atoms with Gasteiger partial charge in [0, 0.05) is 73.4 Å². The summed E-state index contributed by atoms with van der Waals surface area (Å²) in [7, 11) is 4.02. The molecule has 2 aromatic heterocycles. The van der Waals surface area contributed by atoms with Gasteiger partial charge in [0.2, 0.25) is 5.91 Å². The van der Waals surface area contributed by atoms with Gasteiger partial charge in [-0.2, -0.15) is 0 Å². The van der Waals surface area contributed by atoms with Crippen LogP contribution in [0.3, 0.4) is 0 Å². The molecular formula is C28H31ClN4O2. The number of fused-ring (bicyclic) bond motifs is 1. The van der Waals surface area contributed by atoms with Crippen molar-refractivity contribution in [1.82, 2.24) is 19.8 Å². The van der Waals surface area contributed by atoms with Crippen molar-refractivity contribution in [3.8, 4) is 5.75 Å². The van der Waals surface area contributed by atoms with E-state index in [0.717, 1.165) is 45.4 Å². The molecule has 1 fully saturated rings. The Kier molecular flexibility index (Phi) is 7.41. The fraction of sp³-hybridized carbons (Fsp3) is 0.321. The van der Waals surface area contributed by atoms with Crippen molar-refractivity contribution in [3.05, 3.63) is 82.8 Å². The van der Waals surface area contributed by atoms with E-state index in [2.05, 4.69) is 35.5 Å². The number of hydrogen-bond acceptors (Lipinski definition) is 5. The van der Waals surface area contributed by atoms with Gasteiger partial charge in [-0.25, -0.2) is 4.98 Å².